The third kappa shape index (κ3) is 4.87. The van der Waals surface area contributed by atoms with Crippen LogP contribution in [0.1, 0.15) is 12.0 Å². The minimum atomic E-state index is -1.09. The Morgan fingerprint density at radius 2 is 1.96 bits per heavy atom. The van der Waals surface area contributed by atoms with E-state index in [0.717, 1.165) is 12.1 Å². The zero-order chi connectivity index (χ0) is 20.1. The molecule has 10 heteroatoms. The summed E-state index contributed by atoms with van der Waals surface area (Å²) in [4.78, 5) is 27.9. The van der Waals surface area contributed by atoms with Gasteiger partial charge in [0.15, 0.2) is 11.6 Å². The Hall–Kier alpha value is -3.82. The number of guanidine groups is 1. The number of hydrogen-bond acceptors (Lipinski definition) is 6. The molecule has 0 aromatic heterocycles. The summed E-state index contributed by atoms with van der Waals surface area (Å²) in [5.41, 5.74) is 3.32. The number of nitrogens with one attached hydrogen (secondary N) is 3. The topological polar surface area (TPSA) is 115 Å². The van der Waals surface area contributed by atoms with Crippen LogP contribution in [0.3, 0.4) is 0 Å². The van der Waals surface area contributed by atoms with Crippen LogP contribution in [0.5, 0.6) is 5.75 Å². The van der Waals surface area contributed by atoms with E-state index < -0.39 is 29.5 Å². The molecule has 0 fully saturated rings. The van der Waals surface area contributed by atoms with E-state index in [1.54, 1.807) is 12.1 Å². The number of anilines is 1. The summed E-state index contributed by atoms with van der Waals surface area (Å²) in [7, 11) is 0. The highest BCUT2D eigenvalue weighted by molar-refractivity contribution is 6.07. The number of nitrogens with zero attached hydrogens (tertiary/aromatic N) is 2. The highest BCUT2D eigenvalue weighted by atomic mass is 19.2. The number of halogens is 2. The monoisotopic (exact) mass is 387 g/mol. The highest BCUT2D eigenvalue weighted by Crippen LogP contribution is 2.14. The smallest absolute Gasteiger partial charge is 0.252 e. The van der Waals surface area contributed by atoms with Crippen LogP contribution in [-0.4, -0.2) is 35.1 Å². The van der Waals surface area contributed by atoms with Crippen molar-refractivity contribution in [3.8, 4) is 5.75 Å². The van der Waals surface area contributed by atoms with Gasteiger partial charge in [-0.2, -0.15) is 5.10 Å². The Balaban J connectivity index is 1.54. The fourth-order valence-corrected chi connectivity index (χ4v) is 2.33. The first-order chi connectivity index (χ1) is 13.4. The predicted octanol–water partition coefficient (Wildman–Crippen LogP) is 1.48. The molecule has 0 saturated heterocycles. The summed E-state index contributed by atoms with van der Waals surface area (Å²) in [5.74, 6) is -2.99. The first-order valence-electron chi connectivity index (χ1n) is 8.12. The maximum Gasteiger partial charge on any atom is 0.252 e. The molecule has 0 spiro atoms. The van der Waals surface area contributed by atoms with Gasteiger partial charge in [-0.05, 0) is 42.0 Å². The first kappa shape index (κ1) is 19.0. The van der Waals surface area contributed by atoms with Crippen LogP contribution < -0.4 is 16.1 Å². The van der Waals surface area contributed by atoms with Crippen LogP contribution in [0.25, 0.3) is 0 Å². The lowest BCUT2D eigenvalue weighted by molar-refractivity contribution is -0.123. The SMILES string of the molecule is O=C(C[C@@H]1N=C(N/N=C\c2ccc(O)cc2)NC1=O)Nc1ccc(F)c(F)c1. The first-order valence-corrected chi connectivity index (χ1v) is 8.12. The average Bonchev–Trinajstić information content (AvgIpc) is 2.99. The Kier molecular flexibility index (Phi) is 5.58. The summed E-state index contributed by atoms with van der Waals surface area (Å²) in [5, 5.41) is 17.9. The molecular formula is C18H15F2N5O3. The van der Waals surface area contributed by atoms with Gasteiger partial charge in [-0.15, -0.1) is 0 Å². The molecule has 28 heavy (non-hydrogen) atoms. The molecule has 144 valence electrons. The molecular weight excluding hydrogens is 372 g/mol. The van der Waals surface area contributed by atoms with Gasteiger partial charge in [-0.1, -0.05) is 0 Å². The number of carbonyl (C=O) groups excluding carboxylic acids is 2. The fourth-order valence-electron chi connectivity index (χ4n) is 2.33. The van der Waals surface area contributed by atoms with E-state index in [2.05, 4.69) is 26.2 Å². The van der Waals surface area contributed by atoms with E-state index >= 15 is 0 Å². The lowest BCUT2D eigenvalue weighted by Gasteiger charge is -2.07. The summed E-state index contributed by atoms with van der Waals surface area (Å²) in [6, 6.07) is 8.24. The van der Waals surface area contributed by atoms with Crippen molar-refractivity contribution in [1.29, 1.82) is 0 Å². The summed E-state index contributed by atoms with van der Waals surface area (Å²) >= 11 is 0. The van der Waals surface area contributed by atoms with Gasteiger partial charge >= 0.3 is 0 Å². The fraction of sp³-hybridized carbons (Fsp3) is 0.111. The minimum Gasteiger partial charge on any atom is -0.508 e. The third-order valence-electron chi connectivity index (χ3n) is 3.69. The number of hydrogen-bond donors (Lipinski definition) is 4. The number of aromatic hydroxyl groups is 1. The van der Waals surface area contributed by atoms with Gasteiger partial charge in [0.1, 0.15) is 11.8 Å². The van der Waals surface area contributed by atoms with Crippen molar-refractivity contribution in [3.05, 3.63) is 59.7 Å². The van der Waals surface area contributed by atoms with Crippen molar-refractivity contribution in [3.63, 3.8) is 0 Å². The van der Waals surface area contributed by atoms with E-state index in [0.29, 0.717) is 5.56 Å². The molecule has 0 bridgehead atoms. The molecule has 0 radical (unpaired) electrons. The Morgan fingerprint density at radius 3 is 2.68 bits per heavy atom. The van der Waals surface area contributed by atoms with Crippen LogP contribution in [0.2, 0.25) is 0 Å². The number of carbonyl (C=O) groups is 2. The molecule has 1 aliphatic rings. The third-order valence-corrected chi connectivity index (χ3v) is 3.69. The van der Waals surface area contributed by atoms with Crippen molar-refractivity contribution in [1.82, 2.24) is 10.7 Å². The molecule has 2 amide bonds. The second-order valence-corrected chi connectivity index (χ2v) is 5.83. The van der Waals surface area contributed by atoms with Gasteiger partial charge in [0.05, 0.1) is 12.6 Å². The molecule has 0 aliphatic carbocycles. The van der Waals surface area contributed by atoms with E-state index in [-0.39, 0.29) is 23.8 Å². The van der Waals surface area contributed by atoms with Crippen molar-refractivity contribution in [2.45, 2.75) is 12.5 Å². The molecule has 1 aliphatic heterocycles. The summed E-state index contributed by atoms with van der Waals surface area (Å²) in [6.07, 6.45) is 1.18. The molecule has 2 aromatic carbocycles. The summed E-state index contributed by atoms with van der Waals surface area (Å²) < 4.78 is 26.1. The van der Waals surface area contributed by atoms with Gasteiger partial charge in [-0.25, -0.2) is 19.2 Å². The van der Waals surface area contributed by atoms with Gasteiger partial charge in [0.25, 0.3) is 5.91 Å². The van der Waals surface area contributed by atoms with Crippen molar-refractivity contribution >= 4 is 29.7 Å². The number of amides is 2. The quantitative estimate of drug-likeness (QED) is 0.459. The van der Waals surface area contributed by atoms with Crippen molar-refractivity contribution in [2.24, 2.45) is 10.1 Å². The maximum absolute atomic E-state index is 13.2. The van der Waals surface area contributed by atoms with Crippen molar-refractivity contribution < 1.29 is 23.5 Å². The van der Waals surface area contributed by atoms with Crippen LogP contribution in [0.4, 0.5) is 14.5 Å². The summed E-state index contributed by atoms with van der Waals surface area (Å²) in [6.45, 7) is 0. The minimum absolute atomic E-state index is 0.0723. The van der Waals surface area contributed by atoms with E-state index in [4.69, 9.17) is 0 Å². The number of phenolic OH excluding ortho intramolecular Hbond substituents is 1. The second-order valence-electron chi connectivity index (χ2n) is 5.83. The van der Waals surface area contributed by atoms with Gasteiger partial charge in [0.2, 0.25) is 11.9 Å². The highest BCUT2D eigenvalue weighted by Gasteiger charge is 2.28. The number of rotatable bonds is 5. The number of benzene rings is 2. The second kappa shape index (κ2) is 8.25. The zero-order valence-electron chi connectivity index (χ0n) is 14.3. The molecule has 2 aromatic rings. The van der Waals surface area contributed by atoms with E-state index in [9.17, 15) is 23.5 Å². The largest absolute Gasteiger partial charge is 0.508 e. The Labute approximate surface area is 158 Å². The molecule has 8 nitrogen and oxygen atoms in total. The molecule has 0 saturated carbocycles. The maximum atomic E-state index is 13.2. The Bertz CT molecular complexity index is 960. The van der Waals surface area contributed by atoms with Gasteiger partial charge in [0, 0.05) is 11.8 Å². The molecule has 1 heterocycles. The predicted molar refractivity (Wildman–Crippen MR) is 97.8 cm³/mol. The van der Waals surface area contributed by atoms with Gasteiger partial charge < -0.3 is 10.4 Å². The normalized spacial score (nSPS) is 16.0. The number of phenols is 1. The molecule has 3 rings (SSSR count). The number of hydrazone groups is 1. The molecule has 4 N–H and O–H groups in total. The molecule has 1 atom stereocenters. The number of aliphatic imine (C=N–C) groups is 1. The van der Waals surface area contributed by atoms with Gasteiger partial charge in [-0.3, -0.25) is 14.9 Å². The van der Waals surface area contributed by atoms with Crippen LogP contribution in [0, 0.1) is 11.6 Å². The van der Waals surface area contributed by atoms with Crippen molar-refractivity contribution in [2.75, 3.05) is 5.32 Å². The average molecular weight is 387 g/mol. The van der Waals surface area contributed by atoms with E-state index in [1.807, 2.05) is 0 Å². The van der Waals surface area contributed by atoms with Crippen LogP contribution >= 0.6 is 0 Å². The lowest BCUT2D eigenvalue weighted by atomic mass is 10.2. The standard InChI is InChI=1S/C18H15F2N5O3/c19-13-6-3-11(7-14(13)20)22-16(27)8-15-17(28)24-18(23-15)25-21-9-10-1-4-12(26)5-2-10/h1-7,9,15,26H,8H2,(H,22,27)(H2,23,24,25,28)/b21-9-/t15-/m0/s1. The Morgan fingerprint density at radius 1 is 1.21 bits per heavy atom. The van der Waals surface area contributed by atoms with Crippen LogP contribution in [0.15, 0.2) is 52.6 Å². The zero-order valence-corrected chi connectivity index (χ0v) is 14.3. The molecule has 0 unspecified atom stereocenters. The van der Waals surface area contributed by atoms with E-state index in [1.165, 1.54) is 24.4 Å². The van der Waals surface area contributed by atoms with Crippen LogP contribution in [-0.2, 0) is 9.59 Å². The lowest BCUT2D eigenvalue weighted by Crippen LogP contribution is -2.35.